The van der Waals surface area contributed by atoms with Gasteiger partial charge in [-0.15, -0.1) is 0 Å². The van der Waals surface area contributed by atoms with Crippen LogP contribution in [0.2, 0.25) is 0 Å². The van der Waals surface area contributed by atoms with Gasteiger partial charge in [0.05, 0.1) is 18.9 Å². The Morgan fingerprint density at radius 3 is 3.11 bits per heavy atom. The molecule has 0 saturated carbocycles. The molecule has 0 bridgehead atoms. The average Bonchev–Trinajstić information content (AvgIpc) is 2.39. The zero-order valence-electron chi connectivity index (χ0n) is 10.7. The molecule has 2 heterocycles. The molecule has 1 aliphatic rings. The summed E-state index contributed by atoms with van der Waals surface area (Å²) in [6.45, 7) is 3.07. The number of carbonyl (C=O) groups is 1. The molecule has 1 amide bonds. The summed E-state index contributed by atoms with van der Waals surface area (Å²) in [7, 11) is 3.81. The van der Waals surface area contributed by atoms with E-state index in [4.69, 9.17) is 4.74 Å². The van der Waals surface area contributed by atoms with Crippen LogP contribution in [0.25, 0.3) is 0 Å². The molecule has 0 N–H and O–H groups in total. The van der Waals surface area contributed by atoms with Gasteiger partial charge in [0.1, 0.15) is 5.69 Å². The number of hydrogen-bond acceptors (Lipinski definition) is 5. The molecule has 1 saturated heterocycles. The molecule has 6 heteroatoms. The van der Waals surface area contributed by atoms with Gasteiger partial charge in [0.2, 0.25) is 0 Å². The van der Waals surface area contributed by atoms with Gasteiger partial charge in [-0.2, -0.15) is 0 Å². The van der Waals surface area contributed by atoms with Gasteiger partial charge in [-0.25, -0.2) is 4.98 Å². The van der Waals surface area contributed by atoms with E-state index in [-0.39, 0.29) is 12.0 Å². The van der Waals surface area contributed by atoms with E-state index in [0.29, 0.717) is 18.8 Å². The summed E-state index contributed by atoms with van der Waals surface area (Å²) in [5.41, 5.74) is 0.365. The van der Waals surface area contributed by atoms with Crippen molar-refractivity contribution in [1.82, 2.24) is 19.8 Å². The Hall–Kier alpha value is -1.53. The molecule has 0 aliphatic carbocycles. The van der Waals surface area contributed by atoms with E-state index < -0.39 is 0 Å². The summed E-state index contributed by atoms with van der Waals surface area (Å²) in [6, 6.07) is 0. The Labute approximate surface area is 107 Å². The van der Waals surface area contributed by atoms with Crippen LogP contribution in [-0.2, 0) is 4.74 Å². The molecule has 98 valence electrons. The highest BCUT2D eigenvalue weighted by Gasteiger charge is 2.22. The minimum absolute atomic E-state index is 0.0642. The first-order valence-electron chi connectivity index (χ1n) is 5.98. The topological polar surface area (TPSA) is 58.6 Å². The minimum Gasteiger partial charge on any atom is -0.374 e. The molecule has 1 aromatic rings. The van der Waals surface area contributed by atoms with Crippen molar-refractivity contribution in [3.63, 3.8) is 0 Å². The lowest BCUT2D eigenvalue weighted by molar-refractivity contribution is -0.0301. The molecule has 1 unspecified atom stereocenters. The second kappa shape index (κ2) is 5.88. The van der Waals surface area contributed by atoms with E-state index in [1.165, 1.54) is 12.4 Å². The smallest absolute Gasteiger partial charge is 0.273 e. The number of amides is 1. The zero-order chi connectivity index (χ0) is 13.0. The molecule has 6 nitrogen and oxygen atoms in total. The number of aromatic nitrogens is 2. The average molecular weight is 250 g/mol. The van der Waals surface area contributed by atoms with Crippen molar-refractivity contribution in [3.8, 4) is 0 Å². The van der Waals surface area contributed by atoms with Gasteiger partial charge in [0, 0.05) is 39.1 Å². The van der Waals surface area contributed by atoms with E-state index in [9.17, 15) is 4.79 Å². The summed E-state index contributed by atoms with van der Waals surface area (Å²) >= 11 is 0. The number of nitrogens with zero attached hydrogens (tertiary/aromatic N) is 4. The zero-order valence-corrected chi connectivity index (χ0v) is 10.7. The van der Waals surface area contributed by atoms with E-state index in [1.807, 2.05) is 0 Å². The van der Waals surface area contributed by atoms with Crippen molar-refractivity contribution < 1.29 is 9.53 Å². The van der Waals surface area contributed by atoms with Gasteiger partial charge in [0.15, 0.2) is 0 Å². The Kier molecular flexibility index (Phi) is 4.22. The predicted octanol–water partition coefficient (Wildman–Crippen LogP) is -0.121. The van der Waals surface area contributed by atoms with Crippen molar-refractivity contribution in [3.05, 3.63) is 24.3 Å². The first kappa shape index (κ1) is 12.9. The summed E-state index contributed by atoms with van der Waals surface area (Å²) in [6.07, 6.45) is 4.61. The second-order valence-electron chi connectivity index (χ2n) is 4.53. The maximum absolute atomic E-state index is 12.1. The van der Waals surface area contributed by atoms with Gasteiger partial charge in [-0.1, -0.05) is 0 Å². The van der Waals surface area contributed by atoms with Gasteiger partial charge < -0.3 is 14.5 Å². The lowest BCUT2D eigenvalue weighted by Crippen LogP contribution is -2.46. The summed E-state index contributed by atoms with van der Waals surface area (Å²) in [5, 5.41) is 0. The van der Waals surface area contributed by atoms with E-state index in [2.05, 4.69) is 21.9 Å². The molecule has 0 aromatic carbocycles. The lowest BCUT2D eigenvalue weighted by atomic mass is 10.2. The molecule has 0 spiro atoms. The summed E-state index contributed by atoms with van der Waals surface area (Å²) in [5.74, 6) is -0.125. The van der Waals surface area contributed by atoms with Crippen molar-refractivity contribution in [2.75, 3.05) is 40.3 Å². The van der Waals surface area contributed by atoms with Crippen molar-refractivity contribution >= 4 is 5.91 Å². The van der Waals surface area contributed by atoms with E-state index in [0.717, 1.165) is 13.1 Å². The highest BCUT2D eigenvalue weighted by Crippen LogP contribution is 2.06. The van der Waals surface area contributed by atoms with Gasteiger partial charge in [-0.3, -0.25) is 9.78 Å². The van der Waals surface area contributed by atoms with Crippen LogP contribution in [0.3, 0.4) is 0 Å². The number of ether oxygens (including phenoxy) is 1. The van der Waals surface area contributed by atoms with Crippen LogP contribution in [0.5, 0.6) is 0 Å². The molecule has 1 atom stereocenters. The molecule has 0 radical (unpaired) electrons. The molecule has 1 aromatic heterocycles. The summed E-state index contributed by atoms with van der Waals surface area (Å²) in [4.78, 5) is 23.8. The fourth-order valence-corrected chi connectivity index (χ4v) is 1.97. The summed E-state index contributed by atoms with van der Waals surface area (Å²) < 4.78 is 5.63. The minimum atomic E-state index is -0.125. The van der Waals surface area contributed by atoms with Gasteiger partial charge in [-0.05, 0) is 7.05 Å². The van der Waals surface area contributed by atoms with Crippen molar-refractivity contribution in [2.45, 2.75) is 6.10 Å². The number of morpholine rings is 1. The first-order chi connectivity index (χ1) is 8.66. The SMILES string of the molecule is CN1CCOC(CN(C)C(=O)c2cnccn2)C1. The molecular formula is C12H18N4O2. The Balaban J connectivity index is 1.91. The van der Waals surface area contributed by atoms with Crippen molar-refractivity contribution in [1.29, 1.82) is 0 Å². The van der Waals surface area contributed by atoms with Gasteiger partial charge >= 0.3 is 0 Å². The molecule has 2 rings (SSSR count). The third kappa shape index (κ3) is 3.24. The number of hydrogen-bond donors (Lipinski definition) is 0. The normalized spacial score (nSPS) is 20.7. The molecular weight excluding hydrogens is 232 g/mol. The second-order valence-corrected chi connectivity index (χ2v) is 4.53. The van der Waals surface area contributed by atoms with E-state index in [1.54, 1.807) is 18.1 Å². The quantitative estimate of drug-likeness (QED) is 0.748. The first-order valence-corrected chi connectivity index (χ1v) is 5.98. The maximum Gasteiger partial charge on any atom is 0.273 e. The number of likely N-dealkylation sites (N-methyl/N-ethyl adjacent to an activating group) is 2. The largest absolute Gasteiger partial charge is 0.374 e. The van der Waals surface area contributed by atoms with Crippen LogP contribution < -0.4 is 0 Å². The van der Waals surface area contributed by atoms with Crippen LogP contribution >= 0.6 is 0 Å². The van der Waals surface area contributed by atoms with Crippen LogP contribution in [0, 0.1) is 0 Å². The third-order valence-corrected chi connectivity index (χ3v) is 2.95. The monoisotopic (exact) mass is 250 g/mol. The highest BCUT2D eigenvalue weighted by atomic mass is 16.5. The van der Waals surface area contributed by atoms with Crippen LogP contribution in [0.4, 0.5) is 0 Å². The Bertz CT molecular complexity index is 398. The van der Waals surface area contributed by atoms with Gasteiger partial charge in [0.25, 0.3) is 5.91 Å². The predicted molar refractivity (Wildman–Crippen MR) is 66.2 cm³/mol. The Morgan fingerprint density at radius 1 is 1.61 bits per heavy atom. The van der Waals surface area contributed by atoms with E-state index >= 15 is 0 Å². The lowest BCUT2D eigenvalue weighted by Gasteiger charge is -2.32. The maximum atomic E-state index is 12.1. The van der Waals surface area contributed by atoms with Crippen LogP contribution in [0.15, 0.2) is 18.6 Å². The number of rotatable bonds is 3. The Morgan fingerprint density at radius 2 is 2.44 bits per heavy atom. The van der Waals surface area contributed by atoms with Crippen LogP contribution in [-0.4, -0.2) is 72.1 Å². The fraction of sp³-hybridized carbons (Fsp3) is 0.583. The fourth-order valence-electron chi connectivity index (χ4n) is 1.97. The third-order valence-electron chi connectivity index (χ3n) is 2.95. The molecule has 1 aliphatic heterocycles. The molecule has 1 fully saturated rings. The van der Waals surface area contributed by atoms with Crippen molar-refractivity contribution in [2.24, 2.45) is 0 Å². The standard InChI is InChI=1S/C12H18N4O2/c1-15-5-6-18-10(8-15)9-16(2)12(17)11-7-13-3-4-14-11/h3-4,7,10H,5-6,8-9H2,1-2H3. The molecule has 18 heavy (non-hydrogen) atoms. The number of carbonyl (C=O) groups excluding carboxylic acids is 1. The van der Waals surface area contributed by atoms with Crippen LogP contribution in [0.1, 0.15) is 10.5 Å². The highest BCUT2D eigenvalue weighted by molar-refractivity contribution is 5.91.